The first kappa shape index (κ1) is 19.1. The molecule has 3 aromatic rings. The summed E-state index contributed by atoms with van der Waals surface area (Å²) in [6, 6.07) is 9.92. The fourth-order valence-electron chi connectivity index (χ4n) is 3.25. The number of thiophene rings is 1. The lowest BCUT2D eigenvalue weighted by Crippen LogP contribution is -2.30. The lowest BCUT2D eigenvalue weighted by atomic mass is 10.1. The van der Waals surface area contributed by atoms with Crippen LogP contribution in [0.25, 0.3) is 5.57 Å². The van der Waals surface area contributed by atoms with Gasteiger partial charge in [-0.15, -0.1) is 11.3 Å². The molecule has 1 aliphatic rings. The van der Waals surface area contributed by atoms with Crippen LogP contribution < -0.4 is 15.5 Å². The normalized spacial score (nSPS) is 13.7. The maximum Gasteiger partial charge on any atom is 0.232 e. The molecule has 7 nitrogen and oxygen atoms in total. The zero-order chi connectivity index (χ0) is 20.2. The average molecular weight is 407 g/mol. The number of carbonyl (C=O) groups excluding carboxylic acids is 1. The number of hydrogen-bond donors (Lipinski definition) is 2. The number of nitrogens with one attached hydrogen (secondary N) is 2. The van der Waals surface area contributed by atoms with Gasteiger partial charge in [0.1, 0.15) is 6.33 Å². The van der Waals surface area contributed by atoms with E-state index >= 15 is 0 Å². The van der Waals surface area contributed by atoms with E-state index in [1.807, 2.05) is 25.1 Å². The molecule has 8 heteroatoms. The fraction of sp³-hybridized carbons (Fsp3) is 0.238. The maximum atomic E-state index is 11.4. The Morgan fingerprint density at radius 3 is 2.76 bits per heavy atom. The molecule has 2 aromatic heterocycles. The highest BCUT2D eigenvalue weighted by atomic mass is 32.1. The molecule has 1 aromatic carbocycles. The number of carbonyl (C=O) groups is 1. The van der Waals surface area contributed by atoms with Gasteiger partial charge in [0.15, 0.2) is 0 Å². The monoisotopic (exact) mass is 406 g/mol. The number of rotatable bonds is 5. The Bertz CT molecular complexity index is 1050. The zero-order valence-corrected chi connectivity index (χ0v) is 17.2. The summed E-state index contributed by atoms with van der Waals surface area (Å²) < 4.78 is 0. The van der Waals surface area contributed by atoms with E-state index in [1.165, 1.54) is 23.7 Å². The number of anilines is 4. The lowest BCUT2D eigenvalue weighted by Gasteiger charge is -2.26. The first-order valence-electron chi connectivity index (χ1n) is 9.41. The van der Waals surface area contributed by atoms with E-state index < -0.39 is 0 Å². The van der Waals surface area contributed by atoms with Crippen LogP contribution >= 0.6 is 11.3 Å². The minimum Gasteiger partial charge on any atom is -0.337 e. The molecule has 0 atom stereocenters. The van der Waals surface area contributed by atoms with E-state index in [0.29, 0.717) is 11.9 Å². The van der Waals surface area contributed by atoms with Gasteiger partial charge in [0.05, 0.1) is 0 Å². The summed E-state index contributed by atoms with van der Waals surface area (Å²) in [5.41, 5.74) is 3.91. The van der Waals surface area contributed by atoms with Gasteiger partial charge in [0.2, 0.25) is 17.8 Å². The van der Waals surface area contributed by atoms with Crippen LogP contribution in [0.15, 0.2) is 48.1 Å². The quantitative estimate of drug-likeness (QED) is 0.660. The molecule has 0 aliphatic carbocycles. The Morgan fingerprint density at radius 2 is 2.03 bits per heavy atom. The van der Waals surface area contributed by atoms with Crippen molar-refractivity contribution in [2.24, 2.45) is 0 Å². The van der Waals surface area contributed by atoms with Crippen LogP contribution in [-0.4, -0.2) is 33.9 Å². The summed E-state index contributed by atoms with van der Waals surface area (Å²) in [6.07, 6.45) is 4.73. The maximum absolute atomic E-state index is 11.4. The third kappa shape index (κ3) is 4.43. The van der Waals surface area contributed by atoms with Crippen molar-refractivity contribution in [2.75, 3.05) is 28.6 Å². The van der Waals surface area contributed by atoms with Crippen LogP contribution in [0.5, 0.6) is 0 Å². The third-order valence-corrected chi connectivity index (χ3v) is 5.73. The fourth-order valence-corrected chi connectivity index (χ4v) is 4.05. The Kier molecular flexibility index (Phi) is 5.53. The highest BCUT2D eigenvalue weighted by Gasteiger charge is 2.17. The summed E-state index contributed by atoms with van der Waals surface area (Å²) in [4.78, 5) is 28.1. The van der Waals surface area contributed by atoms with Crippen molar-refractivity contribution >= 4 is 46.1 Å². The highest BCUT2D eigenvalue weighted by Crippen LogP contribution is 2.28. The lowest BCUT2D eigenvalue weighted by molar-refractivity contribution is -0.114. The van der Waals surface area contributed by atoms with Crippen LogP contribution in [-0.2, 0) is 4.79 Å². The molecule has 2 N–H and O–H groups in total. The highest BCUT2D eigenvalue weighted by molar-refractivity contribution is 7.11. The van der Waals surface area contributed by atoms with E-state index in [2.05, 4.69) is 54.1 Å². The molecule has 0 bridgehead atoms. The van der Waals surface area contributed by atoms with E-state index in [-0.39, 0.29) is 5.91 Å². The van der Waals surface area contributed by atoms with Gasteiger partial charge in [-0.2, -0.15) is 4.98 Å². The number of amides is 1. The van der Waals surface area contributed by atoms with Crippen LogP contribution in [0.3, 0.4) is 0 Å². The molecule has 29 heavy (non-hydrogen) atoms. The molecule has 0 spiro atoms. The van der Waals surface area contributed by atoms with Crippen molar-refractivity contribution in [3.05, 3.63) is 58.6 Å². The van der Waals surface area contributed by atoms with Crippen molar-refractivity contribution in [3.8, 4) is 0 Å². The Hall–Kier alpha value is -3.26. The van der Waals surface area contributed by atoms with E-state index in [0.717, 1.165) is 36.4 Å². The molecule has 0 fully saturated rings. The summed E-state index contributed by atoms with van der Waals surface area (Å²) >= 11 is 1.77. The number of hydrogen-bond acceptors (Lipinski definition) is 7. The van der Waals surface area contributed by atoms with Gasteiger partial charge >= 0.3 is 0 Å². The Labute approximate surface area is 173 Å². The van der Waals surface area contributed by atoms with Crippen LogP contribution in [0.4, 0.5) is 23.3 Å². The van der Waals surface area contributed by atoms with Gasteiger partial charge in [-0.1, -0.05) is 18.2 Å². The molecular weight excluding hydrogens is 384 g/mol. The molecule has 1 amide bonds. The van der Waals surface area contributed by atoms with Gasteiger partial charge in [-0.25, -0.2) is 9.97 Å². The molecule has 1 aliphatic heterocycles. The molecule has 3 heterocycles. The molecular formula is C21H22N6OS. The van der Waals surface area contributed by atoms with Crippen molar-refractivity contribution in [1.29, 1.82) is 0 Å². The van der Waals surface area contributed by atoms with Gasteiger partial charge in [-0.05, 0) is 48.1 Å². The van der Waals surface area contributed by atoms with Crippen LogP contribution in [0, 0.1) is 6.92 Å². The predicted octanol–water partition coefficient (Wildman–Crippen LogP) is 4.24. The number of nitrogens with zero attached hydrogens (tertiary/aromatic N) is 4. The Morgan fingerprint density at radius 1 is 1.17 bits per heavy atom. The molecule has 148 valence electrons. The van der Waals surface area contributed by atoms with Crippen molar-refractivity contribution in [2.45, 2.75) is 20.3 Å². The number of aromatic nitrogens is 3. The summed E-state index contributed by atoms with van der Waals surface area (Å²) in [7, 11) is 0. The zero-order valence-electron chi connectivity index (χ0n) is 16.3. The second kappa shape index (κ2) is 8.40. The summed E-state index contributed by atoms with van der Waals surface area (Å²) in [6.45, 7) is 5.07. The SMILES string of the molecule is CC(=O)Nc1cccc(Nc2ncnc(N3CC=C(c4cccs4)CC3)n2)c1C. The first-order valence-corrected chi connectivity index (χ1v) is 10.3. The van der Waals surface area contributed by atoms with Gasteiger partial charge < -0.3 is 15.5 Å². The minimum absolute atomic E-state index is 0.104. The molecule has 0 saturated carbocycles. The van der Waals surface area contributed by atoms with E-state index in [1.54, 1.807) is 11.3 Å². The van der Waals surface area contributed by atoms with E-state index in [9.17, 15) is 4.79 Å². The van der Waals surface area contributed by atoms with Gasteiger partial charge in [-0.3, -0.25) is 4.79 Å². The summed E-state index contributed by atoms with van der Waals surface area (Å²) in [5, 5.41) is 8.18. The topological polar surface area (TPSA) is 83.0 Å². The standard InChI is InChI=1S/C21H22N6OS/c1-14-17(24-15(2)28)5-3-6-18(14)25-20-22-13-23-21(26-20)27-10-8-16(9-11-27)19-7-4-12-29-19/h3-8,12-13H,9-11H2,1-2H3,(H,24,28)(H,22,23,25,26). The molecule has 0 unspecified atom stereocenters. The Balaban J connectivity index is 1.49. The van der Waals surface area contributed by atoms with Gasteiger partial charge in [0, 0.05) is 36.3 Å². The molecule has 4 rings (SSSR count). The second-order valence-electron chi connectivity index (χ2n) is 6.80. The molecule has 0 radical (unpaired) electrons. The first-order chi connectivity index (χ1) is 14.1. The minimum atomic E-state index is -0.104. The smallest absolute Gasteiger partial charge is 0.232 e. The van der Waals surface area contributed by atoms with Gasteiger partial charge in [0.25, 0.3) is 0 Å². The molecule has 0 saturated heterocycles. The number of benzene rings is 1. The third-order valence-electron chi connectivity index (χ3n) is 4.78. The largest absolute Gasteiger partial charge is 0.337 e. The predicted molar refractivity (Wildman–Crippen MR) is 118 cm³/mol. The van der Waals surface area contributed by atoms with Crippen LogP contribution in [0.1, 0.15) is 23.8 Å². The van der Waals surface area contributed by atoms with Crippen LogP contribution in [0.2, 0.25) is 0 Å². The average Bonchev–Trinajstić information content (AvgIpc) is 3.26. The second-order valence-corrected chi connectivity index (χ2v) is 7.74. The van der Waals surface area contributed by atoms with E-state index in [4.69, 9.17) is 0 Å². The summed E-state index contributed by atoms with van der Waals surface area (Å²) in [5.74, 6) is 1.03. The van der Waals surface area contributed by atoms with Crippen molar-refractivity contribution < 1.29 is 4.79 Å². The van der Waals surface area contributed by atoms with Crippen molar-refractivity contribution in [1.82, 2.24) is 15.0 Å². The van der Waals surface area contributed by atoms with Crippen molar-refractivity contribution in [3.63, 3.8) is 0 Å².